The predicted molar refractivity (Wildman–Crippen MR) is 172 cm³/mol. The van der Waals surface area contributed by atoms with Crippen LogP contribution in [0, 0.1) is 23.2 Å². The molecule has 4 fully saturated rings. The fourth-order valence-electron chi connectivity index (χ4n) is 9.27. The molecule has 1 amide bonds. The molecule has 0 saturated heterocycles. The van der Waals surface area contributed by atoms with Crippen molar-refractivity contribution in [3.63, 3.8) is 0 Å². The monoisotopic (exact) mass is 631 g/mol. The number of aromatic nitrogens is 1. The van der Waals surface area contributed by atoms with E-state index in [-0.39, 0.29) is 23.2 Å². The normalized spacial score (nSPS) is 29.4. The number of ether oxygens (including phenoxy) is 2. The van der Waals surface area contributed by atoms with Gasteiger partial charge in [-0.1, -0.05) is 30.3 Å². The quantitative estimate of drug-likeness (QED) is 0.195. The average molecular weight is 632 g/mol. The first kappa shape index (κ1) is 30.3. The molecule has 1 aromatic heterocycles. The van der Waals surface area contributed by atoms with E-state index in [1.165, 1.54) is 19.3 Å². The fourth-order valence-corrected chi connectivity index (χ4v) is 9.41. The summed E-state index contributed by atoms with van der Waals surface area (Å²) in [5.74, 6) is 0.917. The Hall–Kier alpha value is -3.36. The van der Waals surface area contributed by atoms with Gasteiger partial charge >= 0.3 is 11.9 Å². The summed E-state index contributed by atoms with van der Waals surface area (Å²) < 4.78 is 11.7. The van der Waals surface area contributed by atoms with Crippen molar-refractivity contribution in [2.45, 2.75) is 89.4 Å². The molecular formula is C36H42ClN3O5. The molecule has 3 atom stereocenters. The highest BCUT2D eigenvalue weighted by atomic mass is 35.5. The molecule has 45 heavy (non-hydrogen) atoms. The maximum absolute atomic E-state index is 13.6. The van der Waals surface area contributed by atoms with E-state index in [9.17, 15) is 14.4 Å². The van der Waals surface area contributed by atoms with Crippen LogP contribution in [-0.2, 0) is 25.5 Å². The van der Waals surface area contributed by atoms with Gasteiger partial charge in [0.1, 0.15) is 29.3 Å². The molecular weight excluding hydrogens is 590 g/mol. The van der Waals surface area contributed by atoms with Crippen LogP contribution >= 0.6 is 11.6 Å². The topological polar surface area (TPSA) is 115 Å². The molecule has 4 bridgehead atoms. The number of alkyl halides is 1. The van der Waals surface area contributed by atoms with Crippen molar-refractivity contribution in [3.05, 3.63) is 65.4 Å². The molecule has 3 aromatic rings. The lowest BCUT2D eigenvalue weighted by Crippen LogP contribution is -2.58. The van der Waals surface area contributed by atoms with Crippen molar-refractivity contribution in [2.75, 3.05) is 5.88 Å². The van der Waals surface area contributed by atoms with Crippen molar-refractivity contribution in [1.82, 2.24) is 9.88 Å². The predicted octanol–water partition coefficient (Wildman–Crippen LogP) is 6.04. The maximum atomic E-state index is 13.6. The van der Waals surface area contributed by atoms with Gasteiger partial charge in [0.25, 0.3) is 0 Å². The number of carbonyl (C=O) groups excluding carboxylic acids is 3. The number of fused-ring (bicyclic) bond motifs is 3. The number of halogens is 1. The zero-order valence-electron chi connectivity index (χ0n) is 26.2. The van der Waals surface area contributed by atoms with E-state index in [0.29, 0.717) is 29.9 Å². The van der Waals surface area contributed by atoms with Crippen LogP contribution in [0.1, 0.15) is 82.2 Å². The van der Waals surface area contributed by atoms with E-state index < -0.39 is 29.7 Å². The molecule has 4 saturated carbocycles. The van der Waals surface area contributed by atoms with Crippen LogP contribution in [0.4, 0.5) is 0 Å². The smallest absolute Gasteiger partial charge is 0.329 e. The molecule has 5 aliphatic rings. The molecule has 1 unspecified atom stereocenters. The van der Waals surface area contributed by atoms with Gasteiger partial charge < -0.3 is 25.1 Å². The van der Waals surface area contributed by atoms with Gasteiger partial charge in [0.05, 0.1) is 6.04 Å². The Morgan fingerprint density at radius 2 is 1.62 bits per heavy atom. The van der Waals surface area contributed by atoms with E-state index in [4.69, 9.17) is 26.8 Å². The minimum atomic E-state index is -0.872. The van der Waals surface area contributed by atoms with Crippen molar-refractivity contribution < 1.29 is 23.9 Å². The number of nitrogens with one attached hydrogen (secondary N) is 1. The second-order valence-electron chi connectivity index (χ2n) is 14.9. The molecule has 2 heterocycles. The van der Waals surface area contributed by atoms with E-state index in [1.54, 1.807) is 17.0 Å². The Labute approximate surface area is 268 Å². The van der Waals surface area contributed by atoms with Crippen molar-refractivity contribution >= 4 is 40.3 Å². The van der Waals surface area contributed by atoms with Crippen LogP contribution in [-0.4, -0.2) is 51.3 Å². The number of hydrogen-bond donors (Lipinski definition) is 2. The van der Waals surface area contributed by atoms with Gasteiger partial charge in [-0.15, -0.1) is 11.6 Å². The highest BCUT2D eigenvalue weighted by Crippen LogP contribution is 2.61. The average Bonchev–Trinajstić information content (AvgIpc) is 3.36. The lowest BCUT2D eigenvalue weighted by Gasteiger charge is -2.58. The van der Waals surface area contributed by atoms with Crippen LogP contribution in [0.25, 0.3) is 10.9 Å². The highest BCUT2D eigenvalue weighted by molar-refractivity contribution is 6.27. The third-order valence-electron chi connectivity index (χ3n) is 10.6. The second-order valence-corrected chi connectivity index (χ2v) is 15.2. The van der Waals surface area contributed by atoms with Crippen molar-refractivity contribution in [2.24, 2.45) is 28.9 Å². The number of esters is 2. The molecule has 4 aliphatic carbocycles. The van der Waals surface area contributed by atoms with Crippen LogP contribution in [0.15, 0.2) is 48.5 Å². The fraction of sp³-hybridized carbons (Fsp3) is 0.528. The standard InChI is InChI=1S/C36H42ClN3O5/c1-35(2,3)45-33(42)28-15-26-25-6-4-5-7-27(25)39-30(26)31(40(28)29(41)19-37)23-8-10-24(11-9-23)44-34(43)32(38)36-16-20-12-21(17-36)14-22(13-20)18-36/h4-11,20-22,28,31-32,39H,12-19,38H2,1-3H3/t20-,21+,22-,28-,31+,32?,36-/m1/s1. The summed E-state index contributed by atoms with van der Waals surface area (Å²) in [6.45, 7) is 5.43. The first-order valence-corrected chi connectivity index (χ1v) is 16.7. The number of rotatable bonds is 6. The maximum Gasteiger partial charge on any atom is 0.329 e. The molecule has 238 valence electrons. The summed E-state index contributed by atoms with van der Waals surface area (Å²) in [4.78, 5) is 45.6. The Bertz CT molecular complexity index is 1600. The van der Waals surface area contributed by atoms with Gasteiger partial charge in [-0.3, -0.25) is 4.79 Å². The van der Waals surface area contributed by atoms with E-state index in [1.807, 2.05) is 57.2 Å². The van der Waals surface area contributed by atoms with E-state index in [0.717, 1.165) is 47.0 Å². The third-order valence-corrected chi connectivity index (χ3v) is 10.9. The lowest BCUT2D eigenvalue weighted by molar-refractivity contribution is -0.166. The van der Waals surface area contributed by atoms with E-state index in [2.05, 4.69) is 4.98 Å². The van der Waals surface area contributed by atoms with Crippen LogP contribution in [0.2, 0.25) is 0 Å². The van der Waals surface area contributed by atoms with Crippen molar-refractivity contribution in [1.29, 1.82) is 0 Å². The summed E-state index contributed by atoms with van der Waals surface area (Å²) in [6.07, 6.45) is 7.19. The van der Waals surface area contributed by atoms with Crippen LogP contribution in [0.5, 0.6) is 5.75 Å². The summed E-state index contributed by atoms with van der Waals surface area (Å²) in [6, 6.07) is 12.9. The summed E-state index contributed by atoms with van der Waals surface area (Å²) in [5.41, 5.74) is 9.24. The number of para-hydroxylation sites is 1. The van der Waals surface area contributed by atoms with E-state index >= 15 is 0 Å². The number of nitrogens with two attached hydrogens (primary N) is 1. The minimum Gasteiger partial charge on any atom is -0.458 e. The lowest BCUT2D eigenvalue weighted by atomic mass is 9.48. The third kappa shape index (κ3) is 5.44. The largest absolute Gasteiger partial charge is 0.458 e. The van der Waals surface area contributed by atoms with Gasteiger partial charge in [0.2, 0.25) is 5.91 Å². The number of carbonyl (C=O) groups is 3. The van der Waals surface area contributed by atoms with Gasteiger partial charge in [-0.25, -0.2) is 9.59 Å². The number of amides is 1. The van der Waals surface area contributed by atoms with Gasteiger partial charge in [-0.05, 0) is 112 Å². The minimum absolute atomic E-state index is 0.154. The van der Waals surface area contributed by atoms with Crippen LogP contribution < -0.4 is 10.5 Å². The molecule has 8 nitrogen and oxygen atoms in total. The van der Waals surface area contributed by atoms with Gasteiger partial charge in [0.15, 0.2) is 0 Å². The van der Waals surface area contributed by atoms with Gasteiger partial charge in [-0.2, -0.15) is 0 Å². The van der Waals surface area contributed by atoms with Gasteiger partial charge in [0, 0.05) is 23.0 Å². The second kappa shape index (κ2) is 11.2. The zero-order chi connectivity index (χ0) is 31.7. The molecule has 9 heteroatoms. The zero-order valence-corrected chi connectivity index (χ0v) is 26.9. The first-order chi connectivity index (χ1) is 21.4. The number of H-pyrrole nitrogens is 1. The summed E-state index contributed by atoms with van der Waals surface area (Å²) in [5, 5.41) is 0.994. The number of nitrogens with zero attached hydrogens (tertiary/aromatic N) is 1. The molecule has 1 aliphatic heterocycles. The van der Waals surface area contributed by atoms with Crippen molar-refractivity contribution in [3.8, 4) is 5.75 Å². The molecule has 0 radical (unpaired) electrons. The number of hydrogen-bond acceptors (Lipinski definition) is 6. The Morgan fingerprint density at radius 1 is 1.00 bits per heavy atom. The number of benzene rings is 2. The Balaban J connectivity index is 1.19. The highest BCUT2D eigenvalue weighted by Gasteiger charge is 2.55. The Morgan fingerprint density at radius 3 is 2.22 bits per heavy atom. The molecule has 0 spiro atoms. The SMILES string of the molecule is CC(C)(C)OC(=O)[C@H]1Cc2c([nH]c3ccccc23)[C@H](c2ccc(OC(=O)C(N)[C@]34C[C@H]5C[C@H](C[C@H](C5)C3)C4)cc2)N1C(=O)CCl. The molecule has 3 N–H and O–H groups in total. The Kier molecular flexibility index (Phi) is 7.52. The first-order valence-electron chi connectivity index (χ1n) is 16.2. The summed E-state index contributed by atoms with van der Waals surface area (Å²) in [7, 11) is 0. The van der Waals surface area contributed by atoms with Crippen LogP contribution in [0.3, 0.4) is 0 Å². The molecule has 8 rings (SSSR count). The summed E-state index contributed by atoms with van der Waals surface area (Å²) >= 11 is 6.15. The number of aromatic amines is 1. The molecule has 2 aromatic carbocycles.